The number of benzene rings is 5. The lowest BCUT2D eigenvalue weighted by Crippen LogP contribution is -2.51. The predicted molar refractivity (Wildman–Crippen MR) is 203 cm³/mol. The van der Waals surface area contributed by atoms with Crippen LogP contribution >= 0.6 is 0 Å². The normalized spacial score (nSPS) is 12.3. The second-order valence-corrected chi connectivity index (χ2v) is 12.7. The van der Waals surface area contributed by atoms with Crippen LogP contribution in [-0.4, -0.2) is 52.1 Å². The Labute approximate surface area is 309 Å². The lowest BCUT2D eigenvalue weighted by atomic mass is 9.77. The van der Waals surface area contributed by atoms with Crippen LogP contribution in [0.25, 0.3) is 0 Å². The van der Waals surface area contributed by atoms with E-state index in [4.69, 9.17) is 14.5 Å². The summed E-state index contributed by atoms with van der Waals surface area (Å²) >= 11 is 0. The molecule has 1 heterocycles. The van der Waals surface area contributed by atoms with Crippen molar-refractivity contribution in [1.29, 1.82) is 0 Å². The van der Waals surface area contributed by atoms with Crippen molar-refractivity contribution in [2.24, 2.45) is 0 Å². The van der Waals surface area contributed by atoms with Crippen LogP contribution in [0.5, 0.6) is 0 Å². The number of carbonyl (C=O) groups is 3. The van der Waals surface area contributed by atoms with Gasteiger partial charge in [0.1, 0.15) is 24.7 Å². The van der Waals surface area contributed by atoms with Gasteiger partial charge in [0.25, 0.3) is 0 Å². The zero-order valence-electron chi connectivity index (χ0n) is 29.7. The molecule has 53 heavy (non-hydrogen) atoms. The Morgan fingerprint density at radius 3 is 1.74 bits per heavy atom. The van der Waals surface area contributed by atoms with E-state index in [9.17, 15) is 14.4 Å². The molecule has 0 fully saturated rings. The van der Waals surface area contributed by atoms with Gasteiger partial charge in [-0.3, -0.25) is 9.59 Å². The molecule has 0 radical (unpaired) electrons. The summed E-state index contributed by atoms with van der Waals surface area (Å²) < 4.78 is 12.6. The number of alkyl carbamates (subject to hydrolysis) is 1. The highest BCUT2D eigenvalue weighted by atomic mass is 16.5. The highest BCUT2D eigenvalue weighted by Gasteiger charge is 2.39. The molecule has 0 aliphatic rings. The Morgan fingerprint density at radius 1 is 0.736 bits per heavy atom. The Kier molecular flexibility index (Phi) is 11.8. The molecule has 0 saturated heterocycles. The summed E-state index contributed by atoms with van der Waals surface area (Å²) in [6.07, 6.45) is 2.91. The first-order chi connectivity index (χ1) is 25.9. The van der Waals surface area contributed by atoms with Gasteiger partial charge in [-0.2, -0.15) is 0 Å². The van der Waals surface area contributed by atoms with E-state index in [0.29, 0.717) is 5.69 Å². The maximum atomic E-state index is 14.6. The van der Waals surface area contributed by atoms with Gasteiger partial charge in [-0.15, -0.1) is 0 Å². The van der Waals surface area contributed by atoms with Crippen molar-refractivity contribution >= 4 is 18.0 Å². The van der Waals surface area contributed by atoms with Crippen LogP contribution in [-0.2, 0) is 37.6 Å². The summed E-state index contributed by atoms with van der Waals surface area (Å²) in [7, 11) is 1.28. The van der Waals surface area contributed by atoms with Crippen LogP contribution in [0, 0.1) is 0 Å². The van der Waals surface area contributed by atoms with Crippen LogP contribution in [0.15, 0.2) is 164 Å². The summed E-state index contributed by atoms with van der Waals surface area (Å²) in [5.41, 5.74) is 4.37. The summed E-state index contributed by atoms with van der Waals surface area (Å²) in [6, 6.07) is 47.6. The van der Waals surface area contributed by atoms with Crippen LogP contribution in [0.3, 0.4) is 0 Å². The molecule has 0 bridgehead atoms. The van der Waals surface area contributed by atoms with E-state index in [1.54, 1.807) is 6.33 Å². The second-order valence-electron chi connectivity index (χ2n) is 12.7. The van der Waals surface area contributed by atoms with Crippen LogP contribution in [0.1, 0.15) is 46.5 Å². The molecular weight excluding hydrogens is 665 g/mol. The number of hydrogen-bond acceptors (Lipinski definition) is 6. The summed E-state index contributed by atoms with van der Waals surface area (Å²) in [5.74, 6) is -1.08. The highest BCUT2D eigenvalue weighted by molar-refractivity contribution is 5.89. The molecule has 9 nitrogen and oxygen atoms in total. The first-order valence-corrected chi connectivity index (χ1v) is 17.5. The number of nitrogens with zero attached hydrogens (tertiary/aromatic N) is 3. The standard InChI is InChI=1S/C44H42N4O5/c1-33(35-20-10-4-11-21-35)48(30-41(49)52-2)42(50)40(46-43(51)53-31-34-18-8-3-9-19-34)28-39-29-47(32-45-39)44(36-22-12-5-13-23-36,37-24-14-6-15-25-37)38-26-16-7-17-27-38/h3-27,29,32-33,40H,28,30-31H2,1-2H3,(H,46,51)/t33-,40-/m0/s1. The number of imidazole rings is 1. The maximum absolute atomic E-state index is 14.6. The third-order valence-electron chi connectivity index (χ3n) is 9.37. The number of esters is 1. The average molecular weight is 707 g/mol. The molecule has 2 atom stereocenters. The molecule has 5 aromatic carbocycles. The van der Waals surface area contributed by atoms with Gasteiger partial charge in [0.05, 0.1) is 25.2 Å². The first-order valence-electron chi connectivity index (χ1n) is 17.5. The number of rotatable bonds is 14. The zero-order valence-corrected chi connectivity index (χ0v) is 29.7. The van der Waals surface area contributed by atoms with E-state index in [1.807, 2.05) is 128 Å². The monoisotopic (exact) mass is 706 g/mol. The Morgan fingerprint density at radius 2 is 1.23 bits per heavy atom. The van der Waals surface area contributed by atoms with Gasteiger partial charge in [-0.05, 0) is 34.7 Å². The van der Waals surface area contributed by atoms with Gasteiger partial charge in [0.15, 0.2) is 0 Å². The minimum atomic E-state index is -1.14. The van der Waals surface area contributed by atoms with E-state index in [0.717, 1.165) is 27.8 Å². The molecular formula is C44H42N4O5. The van der Waals surface area contributed by atoms with E-state index in [2.05, 4.69) is 46.3 Å². The molecule has 0 aliphatic heterocycles. The number of aromatic nitrogens is 2. The fraction of sp³-hybridized carbons (Fsp3) is 0.182. The van der Waals surface area contributed by atoms with Gasteiger partial charge in [0, 0.05) is 12.6 Å². The van der Waals surface area contributed by atoms with Gasteiger partial charge in [-0.1, -0.05) is 152 Å². The molecule has 1 aromatic heterocycles. The van der Waals surface area contributed by atoms with Crippen molar-refractivity contribution < 1.29 is 23.9 Å². The Hall–Kier alpha value is -6.48. The molecule has 0 saturated carbocycles. The second kappa shape index (κ2) is 17.2. The van der Waals surface area contributed by atoms with Crippen LogP contribution in [0.2, 0.25) is 0 Å². The van der Waals surface area contributed by atoms with E-state index >= 15 is 0 Å². The van der Waals surface area contributed by atoms with E-state index < -0.39 is 35.6 Å². The summed E-state index contributed by atoms with van der Waals surface area (Å²) in [6.45, 7) is 1.53. The first kappa shape index (κ1) is 36.3. The highest BCUT2D eigenvalue weighted by Crippen LogP contribution is 2.40. The quantitative estimate of drug-likeness (QED) is 0.0941. The lowest BCUT2D eigenvalue weighted by molar-refractivity contribution is -0.149. The number of amides is 2. The third kappa shape index (κ3) is 8.37. The van der Waals surface area contributed by atoms with Crippen LogP contribution in [0.4, 0.5) is 4.79 Å². The molecule has 0 aliphatic carbocycles. The summed E-state index contributed by atoms with van der Waals surface area (Å²) in [5, 5.41) is 2.80. The Bertz CT molecular complexity index is 1980. The molecule has 1 N–H and O–H groups in total. The van der Waals surface area contributed by atoms with Crippen molar-refractivity contribution in [1.82, 2.24) is 19.8 Å². The minimum Gasteiger partial charge on any atom is -0.468 e. The van der Waals surface area contributed by atoms with Gasteiger partial charge >= 0.3 is 12.1 Å². The third-order valence-corrected chi connectivity index (χ3v) is 9.37. The molecule has 6 rings (SSSR count). The molecule has 9 heteroatoms. The predicted octanol–water partition coefficient (Wildman–Crippen LogP) is 7.32. The van der Waals surface area contributed by atoms with Crippen molar-refractivity contribution in [3.63, 3.8) is 0 Å². The minimum absolute atomic E-state index is 0.0138. The smallest absolute Gasteiger partial charge is 0.408 e. The van der Waals surface area contributed by atoms with Crippen molar-refractivity contribution in [2.75, 3.05) is 13.7 Å². The molecule has 0 unspecified atom stereocenters. The van der Waals surface area contributed by atoms with Gasteiger partial charge in [-0.25, -0.2) is 9.78 Å². The topological polar surface area (TPSA) is 103 Å². The number of carbonyl (C=O) groups excluding carboxylic acids is 3. The molecule has 0 spiro atoms. The van der Waals surface area contributed by atoms with E-state index in [1.165, 1.54) is 12.0 Å². The SMILES string of the molecule is COC(=O)CN(C(=O)[C@H](Cc1cn(C(c2ccccc2)(c2ccccc2)c2ccccc2)cn1)NC(=O)OCc1ccccc1)[C@@H](C)c1ccccc1. The molecule has 6 aromatic rings. The number of nitrogens with one attached hydrogen (secondary N) is 1. The molecule has 268 valence electrons. The van der Waals surface area contributed by atoms with Gasteiger partial charge in [0.2, 0.25) is 5.91 Å². The van der Waals surface area contributed by atoms with Crippen molar-refractivity contribution in [2.45, 2.75) is 37.6 Å². The average Bonchev–Trinajstić information content (AvgIpc) is 3.69. The van der Waals surface area contributed by atoms with Crippen molar-refractivity contribution in [3.8, 4) is 0 Å². The van der Waals surface area contributed by atoms with Crippen molar-refractivity contribution in [3.05, 3.63) is 198 Å². The largest absolute Gasteiger partial charge is 0.468 e. The zero-order chi connectivity index (χ0) is 37.0. The Balaban J connectivity index is 1.39. The maximum Gasteiger partial charge on any atom is 0.408 e. The number of ether oxygens (including phenoxy) is 2. The van der Waals surface area contributed by atoms with Crippen LogP contribution < -0.4 is 5.32 Å². The van der Waals surface area contributed by atoms with E-state index in [-0.39, 0.29) is 19.6 Å². The number of hydrogen-bond donors (Lipinski definition) is 1. The summed E-state index contributed by atoms with van der Waals surface area (Å²) in [4.78, 5) is 46.9. The fourth-order valence-electron chi connectivity index (χ4n) is 6.67. The molecule has 2 amide bonds. The number of methoxy groups -OCH3 is 1. The lowest BCUT2D eigenvalue weighted by Gasteiger charge is -2.37. The van der Waals surface area contributed by atoms with Gasteiger partial charge < -0.3 is 24.3 Å². The fourth-order valence-corrected chi connectivity index (χ4v) is 6.67.